The van der Waals surface area contributed by atoms with E-state index in [1.54, 1.807) is 6.92 Å². The Balaban J connectivity index is 3.98. The van der Waals surface area contributed by atoms with Gasteiger partial charge in [-0.25, -0.2) is 13.8 Å². The van der Waals surface area contributed by atoms with Crippen molar-refractivity contribution in [1.82, 2.24) is 4.98 Å². The van der Waals surface area contributed by atoms with Gasteiger partial charge in [0.05, 0.1) is 11.1 Å². The summed E-state index contributed by atoms with van der Waals surface area (Å²) in [6, 6.07) is 0. The molecule has 0 fully saturated rings. The fourth-order valence-corrected chi connectivity index (χ4v) is 3.13. The van der Waals surface area contributed by atoms with Gasteiger partial charge in [-0.3, -0.25) is 9.59 Å². The maximum absolute atomic E-state index is 13.3. The fourth-order valence-electron chi connectivity index (χ4n) is 2.27. The maximum Gasteiger partial charge on any atom is 0.434 e. The van der Waals surface area contributed by atoms with Crippen molar-refractivity contribution in [3.63, 3.8) is 0 Å². The molecule has 0 unspecified atom stereocenters. The molecular formula is C15H16F5NO2S2. The second kappa shape index (κ2) is 8.98. The number of halogens is 5. The fraction of sp³-hybridized carbons (Fsp3) is 0.533. The summed E-state index contributed by atoms with van der Waals surface area (Å²) in [7, 11) is 0. The number of aromatic nitrogens is 1. The Morgan fingerprint density at radius 2 is 1.60 bits per heavy atom. The molecule has 0 aliphatic rings. The SMILES string of the molecule is CCCCc1c(C(=O)SC)c(C(F)F)nc(C(F)(F)F)c1C(=O)SC. The van der Waals surface area contributed by atoms with E-state index in [0.717, 1.165) is 0 Å². The zero-order valence-electron chi connectivity index (χ0n) is 13.7. The molecule has 1 rings (SSSR count). The first-order valence-corrected chi connectivity index (χ1v) is 9.63. The smallest absolute Gasteiger partial charge is 0.281 e. The average molecular weight is 401 g/mol. The van der Waals surface area contributed by atoms with Crippen molar-refractivity contribution in [2.75, 3.05) is 12.5 Å². The first-order chi connectivity index (χ1) is 11.6. The topological polar surface area (TPSA) is 47.0 Å². The van der Waals surface area contributed by atoms with Gasteiger partial charge in [0, 0.05) is 0 Å². The number of carbonyl (C=O) groups excluding carboxylic acids is 2. The van der Waals surface area contributed by atoms with E-state index in [2.05, 4.69) is 4.98 Å². The van der Waals surface area contributed by atoms with Gasteiger partial charge in [0.15, 0.2) is 5.69 Å². The molecule has 25 heavy (non-hydrogen) atoms. The third-order valence-corrected chi connectivity index (χ3v) is 4.51. The minimum Gasteiger partial charge on any atom is -0.281 e. The first-order valence-electron chi connectivity index (χ1n) is 7.18. The number of hydrogen-bond donors (Lipinski definition) is 0. The van der Waals surface area contributed by atoms with Crippen LogP contribution in [0.15, 0.2) is 0 Å². The highest BCUT2D eigenvalue weighted by Gasteiger charge is 2.41. The molecule has 140 valence electrons. The Labute approximate surface area is 150 Å². The Bertz CT molecular complexity index is 662. The van der Waals surface area contributed by atoms with Crippen molar-refractivity contribution in [2.45, 2.75) is 38.8 Å². The number of pyridine rings is 1. The van der Waals surface area contributed by atoms with Gasteiger partial charge >= 0.3 is 6.18 Å². The van der Waals surface area contributed by atoms with Crippen LogP contribution in [0.2, 0.25) is 0 Å². The summed E-state index contributed by atoms with van der Waals surface area (Å²) in [4.78, 5) is 27.3. The highest BCUT2D eigenvalue weighted by Crippen LogP contribution is 2.39. The highest BCUT2D eigenvalue weighted by atomic mass is 32.2. The zero-order chi connectivity index (χ0) is 19.4. The zero-order valence-corrected chi connectivity index (χ0v) is 15.3. The summed E-state index contributed by atoms with van der Waals surface area (Å²) in [5, 5.41) is -1.79. The van der Waals surface area contributed by atoms with Gasteiger partial charge in [-0.2, -0.15) is 13.2 Å². The minimum absolute atomic E-state index is 0.0922. The Morgan fingerprint density at radius 3 is 2.00 bits per heavy atom. The lowest BCUT2D eigenvalue weighted by Crippen LogP contribution is -2.22. The second-order valence-electron chi connectivity index (χ2n) is 4.96. The molecule has 0 aliphatic heterocycles. The second-order valence-corrected chi connectivity index (χ2v) is 6.52. The summed E-state index contributed by atoms with van der Waals surface area (Å²) >= 11 is 1.10. The molecular weight excluding hydrogens is 385 g/mol. The quantitative estimate of drug-likeness (QED) is 0.599. The molecule has 0 amide bonds. The first kappa shape index (κ1) is 21.9. The lowest BCUT2D eigenvalue weighted by molar-refractivity contribution is -0.141. The van der Waals surface area contributed by atoms with E-state index in [1.807, 2.05) is 0 Å². The summed E-state index contributed by atoms with van der Waals surface area (Å²) in [6.07, 6.45) is -5.05. The number of alkyl halides is 5. The van der Waals surface area contributed by atoms with E-state index in [-0.39, 0.29) is 12.0 Å². The van der Waals surface area contributed by atoms with Crippen LogP contribution < -0.4 is 0 Å². The van der Waals surface area contributed by atoms with E-state index >= 15 is 0 Å². The number of rotatable bonds is 6. The van der Waals surface area contributed by atoms with E-state index in [0.29, 0.717) is 36.4 Å². The van der Waals surface area contributed by atoms with Crippen LogP contribution in [0.25, 0.3) is 0 Å². The number of unbranched alkanes of at least 4 members (excludes halogenated alkanes) is 1. The molecule has 0 spiro atoms. The Hall–Kier alpha value is -1.16. The van der Waals surface area contributed by atoms with Crippen LogP contribution in [0.4, 0.5) is 22.0 Å². The summed E-state index contributed by atoms with van der Waals surface area (Å²) in [5.41, 5.74) is -4.56. The third-order valence-electron chi connectivity index (χ3n) is 3.36. The lowest BCUT2D eigenvalue weighted by atomic mass is 9.94. The molecule has 1 heterocycles. The van der Waals surface area contributed by atoms with Crippen LogP contribution in [0.3, 0.4) is 0 Å². The van der Waals surface area contributed by atoms with Gasteiger partial charge < -0.3 is 0 Å². The number of thioether (sulfide) groups is 2. The molecule has 10 heteroatoms. The van der Waals surface area contributed by atoms with Crippen molar-refractivity contribution >= 4 is 33.8 Å². The van der Waals surface area contributed by atoms with E-state index in [4.69, 9.17) is 0 Å². The average Bonchev–Trinajstić information content (AvgIpc) is 2.55. The molecule has 0 radical (unpaired) electrons. The predicted octanol–water partition coefficient (Wildman–Crippen LogP) is 5.39. The van der Waals surface area contributed by atoms with Crippen LogP contribution >= 0.6 is 23.5 Å². The molecule has 0 saturated carbocycles. The normalized spacial score (nSPS) is 11.9. The van der Waals surface area contributed by atoms with Crippen LogP contribution in [0, 0.1) is 0 Å². The molecule has 0 atom stereocenters. The van der Waals surface area contributed by atoms with E-state index in [9.17, 15) is 31.5 Å². The van der Waals surface area contributed by atoms with Crippen molar-refractivity contribution in [3.05, 3.63) is 28.1 Å². The van der Waals surface area contributed by atoms with Crippen molar-refractivity contribution in [3.8, 4) is 0 Å². The third kappa shape index (κ3) is 4.93. The largest absolute Gasteiger partial charge is 0.434 e. The number of carbonyl (C=O) groups is 2. The summed E-state index contributed by atoms with van der Waals surface area (Å²) < 4.78 is 66.7. The molecule has 0 bridgehead atoms. The van der Waals surface area contributed by atoms with E-state index < -0.39 is 45.3 Å². The van der Waals surface area contributed by atoms with Crippen molar-refractivity contribution in [2.24, 2.45) is 0 Å². The monoisotopic (exact) mass is 401 g/mol. The molecule has 0 aliphatic carbocycles. The molecule has 1 aromatic heterocycles. The lowest BCUT2D eigenvalue weighted by Gasteiger charge is -2.20. The van der Waals surface area contributed by atoms with Crippen LogP contribution in [-0.2, 0) is 12.6 Å². The predicted molar refractivity (Wildman–Crippen MR) is 88.5 cm³/mol. The maximum atomic E-state index is 13.3. The Kier molecular flexibility index (Phi) is 7.86. The number of hydrogen-bond acceptors (Lipinski definition) is 5. The molecule has 0 saturated heterocycles. The standard InChI is InChI=1S/C15H16F5NO2S2/c1-4-5-6-7-8(13(22)24-2)10(12(16)17)21-11(15(18,19)20)9(7)14(23)25-3/h12H,4-6H2,1-3H3. The molecule has 0 N–H and O–H groups in total. The van der Waals surface area contributed by atoms with Gasteiger partial charge in [0.2, 0.25) is 10.2 Å². The van der Waals surface area contributed by atoms with Gasteiger partial charge in [-0.05, 0) is 30.9 Å². The van der Waals surface area contributed by atoms with Gasteiger partial charge in [-0.1, -0.05) is 36.9 Å². The van der Waals surface area contributed by atoms with Gasteiger partial charge in [0.1, 0.15) is 5.69 Å². The number of nitrogens with zero attached hydrogens (tertiary/aromatic N) is 1. The van der Waals surface area contributed by atoms with Crippen LogP contribution in [0.5, 0.6) is 0 Å². The summed E-state index contributed by atoms with van der Waals surface area (Å²) in [6.45, 7) is 1.76. The summed E-state index contributed by atoms with van der Waals surface area (Å²) in [5.74, 6) is 0. The minimum atomic E-state index is -5.09. The van der Waals surface area contributed by atoms with Crippen molar-refractivity contribution < 1.29 is 31.5 Å². The van der Waals surface area contributed by atoms with Crippen LogP contribution in [-0.4, -0.2) is 27.7 Å². The van der Waals surface area contributed by atoms with Gasteiger partial charge in [0.25, 0.3) is 6.43 Å². The van der Waals surface area contributed by atoms with Gasteiger partial charge in [-0.15, -0.1) is 0 Å². The van der Waals surface area contributed by atoms with Crippen molar-refractivity contribution in [1.29, 1.82) is 0 Å². The Morgan fingerprint density at radius 1 is 1.08 bits per heavy atom. The highest BCUT2D eigenvalue weighted by molar-refractivity contribution is 8.13. The molecule has 3 nitrogen and oxygen atoms in total. The van der Waals surface area contributed by atoms with E-state index in [1.165, 1.54) is 12.5 Å². The molecule has 0 aromatic carbocycles. The molecule has 1 aromatic rings. The van der Waals surface area contributed by atoms with Crippen LogP contribution in [0.1, 0.15) is 63.9 Å².